The van der Waals surface area contributed by atoms with Crippen LogP contribution >= 0.6 is 0 Å². The largest absolute Gasteiger partial charge is 0.485 e. The number of benzene rings is 2. The number of hydrogen-bond donors (Lipinski definition) is 1. The third-order valence-corrected chi connectivity index (χ3v) is 3.92. The molecule has 0 unspecified atom stereocenters. The monoisotopic (exact) mass is 387 g/mol. The van der Waals surface area contributed by atoms with Crippen LogP contribution in [0.25, 0.3) is 0 Å². The summed E-state index contributed by atoms with van der Waals surface area (Å²) in [5.74, 6) is -1.73. The second-order valence-electron chi connectivity index (χ2n) is 6.18. The molecule has 0 atom stereocenters. The number of nitrogens with zero attached hydrogens (tertiary/aromatic N) is 4. The summed E-state index contributed by atoms with van der Waals surface area (Å²) >= 11 is 0. The lowest BCUT2D eigenvalue weighted by Gasteiger charge is -2.10. The van der Waals surface area contributed by atoms with E-state index in [1.54, 1.807) is 24.3 Å². The van der Waals surface area contributed by atoms with Crippen molar-refractivity contribution in [2.75, 3.05) is 0 Å². The molecule has 1 heterocycles. The van der Waals surface area contributed by atoms with Gasteiger partial charge in [-0.25, -0.2) is 8.78 Å². The lowest BCUT2D eigenvalue weighted by atomic mass is 10.1. The van der Waals surface area contributed by atoms with Crippen LogP contribution in [0.1, 0.15) is 36.4 Å². The van der Waals surface area contributed by atoms with E-state index in [1.165, 1.54) is 12.1 Å². The number of ether oxygens (including phenoxy) is 1. The van der Waals surface area contributed by atoms with Crippen molar-refractivity contribution < 1.29 is 18.4 Å². The molecule has 9 heteroatoms. The second-order valence-corrected chi connectivity index (χ2v) is 6.18. The maximum Gasteiger partial charge on any atom is 0.270 e. The number of alkyl halides is 2. The quantitative estimate of drug-likeness (QED) is 0.469. The van der Waals surface area contributed by atoms with Crippen LogP contribution in [0.2, 0.25) is 0 Å². The van der Waals surface area contributed by atoms with Crippen molar-refractivity contribution in [2.24, 2.45) is 5.16 Å². The zero-order chi connectivity index (χ0) is 20.0. The van der Waals surface area contributed by atoms with E-state index in [-0.39, 0.29) is 18.8 Å². The van der Waals surface area contributed by atoms with E-state index in [4.69, 9.17) is 9.57 Å². The maximum atomic E-state index is 13.2. The molecule has 0 bridgehead atoms. The number of nitrogens with one attached hydrogen (secondary N) is 1. The van der Waals surface area contributed by atoms with Gasteiger partial charge in [-0.05, 0) is 42.3 Å². The third kappa shape index (κ3) is 5.32. The Kier molecular flexibility index (Phi) is 5.93. The molecule has 0 aliphatic carbocycles. The van der Waals surface area contributed by atoms with Crippen LogP contribution in [0, 0.1) is 0 Å². The number of hydrogen-bond acceptors (Lipinski definition) is 6. The van der Waals surface area contributed by atoms with Crippen molar-refractivity contribution in [3.63, 3.8) is 0 Å². The van der Waals surface area contributed by atoms with E-state index in [2.05, 4.69) is 25.8 Å². The van der Waals surface area contributed by atoms with Crippen LogP contribution in [-0.2, 0) is 24.0 Å². The first-order chi connectivity index (χ1) is 13.4. The van der Waals surface area contributed by atoms with E-state index in [0.717, 1.165) is 18.1 Å². The smallest absolute Gasteiger partial charge is 0.270 e. The average molecular weight is 387 g/mol. The number of tetrazole rings is 1. The summed E-state index contributed by atoms with van der Waals surface area (Å²) in [6.07, 6.45) is 0. The van der Waals surface area contributed by atoms with Gasteiger partial charge in [0, 0.05) is 12.5 Å². The Labute approximate surface area is 160 Å². The van der Waals surface area contributed by atoms with Crippen LogP contribution in [0.4, 0.5) is 8.78 Å². The first-order valence-corrected chi connectivity index (χ1v) is 8.51. The van der Waals surface area contributed by atoms with Gasteiger partial charge >= 0.3 is 0 Å². The molecule has 146 valence electrons. The van der Waals surface area contributed by atoms with E-state index in [9.17, 15) is 8.78 Å². The molecule has 7 nitrogen and oxygen atoms in total. The zero-order valence-corrected chi connectivity index (χ0v) is 15.4. The highest BCUT2D eigenvalue weighted by atomic mass is 19.3. The standard InChI is InChI=1S/C19H19F2N5O2/c1-13(24-28-11-14-3-7-16(8-4-14)19(2,20)21)15-5-9-17(10-6-15)27-12-18-22-25-26-23-18/h3-10H,11-12H2,1-2H3,(H,22,23,25,26)/b24-13+. The normalized spacial score (nSPS) is 12.1. The van der Waals surface area contributed by atoms with Gasteiger partial charge in [0.2, 0.25) is 5.82 Å². The fourth-order valence-electron chi connectivity index (χ4n) is 2.33. The fourth-order valence-corrected chi connectivity index (χ4v) is 2.33. The Morgan fingerprint density at radius 2 is 1.79 bits per heavy atom. The van der Waals surface area contributed by atoms with Gasteiger partial charge in [-0.1, -0.05) is 34.6 Å². The van der Waals surface area contributed by atoms with Crippen molar-refractivity contribution in [3.8, 4) is 5.75 Å². The number of rotatable bonds is 8. The van der Waals surface area contributed by atoms with Crippen molar-refractivity contribution in [2.45, 2.75) is 33.0 Å². The summed E-state index contributed by atoms with van der Waals surface area (Å²) in [6, 6.07) is 13.3. The number of H-pyrrole nitrogens is 1. The van der Waals surface area contributed by atoms with E-state index in [1.807, 2.05) is 19.1 Å². The van der Waals surface area contributed by atoms with Crippen LogP contribution in [0.15, 0.2) is 53.7 Å². The lowest BCUT2D eigenvalue weighted by molar-refractivity contribution is 0.0174. The predicted octanol–water partition coefficient (Wildman–Crippen LogP) is 3.83. The fraction of sp³-hybridized carbons (Fsp3) is 0.263. The molecule has 28 heavy (non-hydrogen) atoms. The first-order valence-electron chi connectivity index (χ1n) is 8.51. The second kappa shape index (κ2) is 8.55. The molecule has 0 aliphatic rings. The van der Waals surface area contributed by atoms with Crippen LogP contribution in [-0.4, -0.2) is 26.3 Å². The molecular formula is C19H19F2N5O2. The number of aromatic amines is 1. The first kappa shape index (κ1) is 19.4. The highest BCUT2D eigenvalue weighted by Gasteiger charge is 2.23. The Bertz CT molecular complexity index is 905. The number of aromatic nitrogens is 4. The van der Waals surface area contributed by atoms with Crippen molar-refractivity contribution in [1.82, 2.24) is 20.6 Å². The van der Waals surface area contributed by atoms with Crippen LogP contribution in [0.5, 0.6) is 5.75 Å². The number of oxime groups is 1. The minimum atomic E-state index is -2.85. The summed E-state index contributed by atoms with van der Waals surface area (Å²) < 4.78 is 32.0. The molecule has 0 aliphatic heterocycles. The number of halogens is 2. The van der Waals surface area contributed by atoms with Gasteiger partial charge in [0.1, 0.15) is 12.4 Å². The zero-order valence-electron chi connectivity index (χ0n) is 15.4. The molecule has 0 amide bonds. The van der Waals surface area contributed by atoms with E-state index >= 15 is 0 Å². The maximum absolute atomic E-state index is 13.2. The van der Waals surface area contributed by atoms with Gasteiger partial charge in [0.15, 0.2) is 6.61 Å². The third-order valence-electron chi connectivity index (χ3n) is 3.92. The Morgan fingerprint density at radius 1 is 1.07 bits per heavy atom. The summed E-state index contributed by atoms with van der Waals surface area (Å²) in [4.78, 5) is 5.33. The highest BCUT2D eigenvalue weighted by molar-refractivity contribution is 5.98. The molecule has 0 saturated heterocycles. The van der Waals surface area contributed by atoms with Gasteiger partial charge in [0.25, 0.3) is 5.92 Å². The van der Waals surface area contributed by atoms with Gasteiger partial charge in [-0.15, -0.1) is 10.2 Å². The molecule has 3 rings (SSSR count). The van der Waals surface area contributed by atoms with Gasteiger partial charge < -0.3 is 9.57 Å². The van der Waals surface area contributed by atoms with Crippen LogP contribution in [0.3, 0.4) is 0 Å². The van der Waals surface area contributed by atoms with Crippen LogP contribution < -0.4 is 4.74 Å². The van der Waals surface area contributed by atoms with Crippen molar-refractivity contribution in [3.05, 3.63) is 71.0 Å². The molecule has 0 saturated carbocycles. The van der Waals surface area contributed by atoms with Gasteiger partial charge in [-0.3, -0.25) is 0 Å². The summed E-state index contributed by atoms with van der Waals surface area (Å²) in [6.45, 7) is 3.09. The van der Waals surface area contributed by atoms with E-state index in [0.29, 0.717) is 17.3 Å². The minimum absolute atomic E-state index is 0.0300. The summed E-state index contributed by atoms with van der Waals surface area (Å²) in [5, 5.41) is 17.5. The molecular weight excluding hydrogens is 368 g/mol. The predicted molar refractivity (Wildman–Crippen MR) is 98.0 cm³/mol. The molecule has 1 aromatic heterocycles. The van der Waals surface area contributed by atoms with E-state index < -0.39 is 5.92 Å². The summed E-state index contributed by atoms with van der Waals surface area (Å²) in [7, 11) is 0. The molecule has 0 fully saturated rings. The lowest BCUT2D eigenvalue weighted by Crippen LogP contribution is -2.06. The Balaban J connectivity index is 1.51. The molecule has 0 spiro atoms. The molecule has 1 N–H and O–H groups in total. The average Bonchev–Trinajstić information content (AvgIpc) is 3.20. The molecule has 0 radical (unpaired) electrons. The Morgan fingerprint density at radius 3 is 2.39 bits per heavy atom. The highest BCUT2D eigenvalue weighted by Crippen LogP contribution is 2.26. The van der Waals surface area contributed by atoms with Crippen molar-refractivity contribution in [1.29, 1.82) is 0 Å². The SMILES string of the molecule is C/C(=N\OCc1ccc(C(C)(F)F)cc1)c1ccc(OCc2nn[nH]n2)cc1. The van der Waals surface area contributed by atoms with Crippen molar-refractivity contribution >= 4 is 5.71 Å². The Hall–Kier alpha value is -3.36. The van der Waals surface area contributed by atoms with Gasteiger partial charge in [-0.2, -0.15) is 5.21 Å². The molecule has 2 aromatic carbocycles. The topological polar surface area (TPSA) is 85.3 Å². The van der Waals surface area contributed by atoms with Gasteiger partial charge in [0.05, 0.1) is 5.71 Å². The summed E-state index contributed by atoms with van der Waals surface area (Å²) in [5.41, 5.74) is 2.28. The molecule has 3 aromatic rings. The minimum Gasteiger partial charge on any atom is -0.485 e.